The molecule has 3 nitrogen and oxygen atoms in total. The smallest absolute Gasteiger partial charge is 0.114 e. The molecule has 0 radical (unpaired) electrons. The Morgan fingerprint density at radius 1 is 1.18 bits per heavy atom. The second-order valence-corrected chi connectivity index (χ2v) is 7.18. The maximum Gasteiger partial charge on any atom is 0.114 e. The van der Waals surface area contributed by atoms with Gasteiger partial charge in [0.25, 0.3) is 0 Å². The minimum absolute atomic E-state index is 0.189. The van der Waals surface area contributed by atoms with Crippen molar-refractivity contribution in [1.82, 2.24) is 0 Å². The van der Waals surface area contributed by atoms with Gasteiger partial charge in [0.05, 0.1) is 18.3 Å². The summed E-state index contributed by atoms with van der Waals surface area (Å²) >= 11 is 0. The molecule has 2 N–H and O–H groups in total. The highest BCUT2D eigenvalue weighted by Gasteiger charge is 2.58. The van der Waals surface area contributed by atoms with Gasteiger partial charge in [-0.1, -0.05) is 13.8 Å². The molecule has 1 saturated carbocycles. The zero-order valence-corrected chi connectivity index (χ0v) is 11.0. The number of rotatable bonds is 0. The summed E-state index contributed by atoms with van der Waals surface area (Å²) in [4.78, 5) is 0. The standard InChI is InChI=1S/C14H24O3/c1-13(2)7-8-9(13)6-12-14(3,16)11(15)5-4-10(8)17-12/h8-12,15-16H,4-7H2,1-3H3/t8-,9+,10?,11-,12?,14-/m1/s1. The molecule has 2 bridgehead atoms. The molecule has 2 heterocycles. The van der Waals surface area contributed by atoms with E-state index in [1.54, 1.807) is 6.92 Å². The third-order valence-electron chi connectivity index (χ3n) is 5.62. The molecule has 3 aliphatic rings. The maximum atomic E-state index is 10.5. The first-order chi connectivity index (χ1) is 7.82. The molecule has 17 heavy (non-hydrogen) atoms. The summed E-state index contributed by atoms with van der Waals surface area (Å²) in [6.07, 6.45) is 3.12. The van der Waals surface area contributed by atoms with Gasteiger partial charge < -0.3 is 14.9 Å². The van der Waals surface area contributed by atoms with Gasteiger partial charge >= 0.3 is 0 Å². The molecular weight excluding hydrogens is 216 g/mol. The van der Waals surface area contributed by atoms with Crippen LogP contribution in [0.3, 0.4) is 0 Å². The van der Waals surface area contributed by atoms with Crippen LogP contribution < -0.4 is 0 Å². The van der Waals surface area contributed by atoms with Crippen LogP contribution in [0.5, 0.6) is 0 Å². The van der Waals surface area contributed by atoms with Crippen LogP contribution in [0, 0.1) is 17.3 Å². The van der Waals surface area contributed by atoms with Crippen LogP contribution in [0.1, 0.15) is 46.5 Å². The SMILES string of the molecule is CC1(C)C[C@H]2C3CC[C@@H](O)[C@@](C)(O)C(C[C@@H]21)O3. The van der Waals surface area contributed by atoms with Crippen molar-refractivity contribution in [3.63, 3.8) is 0 Å². The first kappa shape index (κ1) is 11.9. The highest BCUT2D eigenvalue weighted by Crippen LogP contribution is 2.59. The molecule has 0 spiro atoms. The number of hydrogen-bond acceptors (Lipinski definition) is 3. The number of aliphatic hydroxyl groups is 2. The van der Waals surface area contributed by atoms with Gasteiger partial charge in [-0.25, -0.2) is 0 Å². The summed E-state index contributed by atoms with van der Waals surface area (Å²) in [6.45, 7) is 6.37. The molecule has 98 valence electrons. The molecule has 3 rings (SSSR count). The van der Waals surface area contributed by atoms with Crippen molar-refractivity contribution < 1.29 is 14.9 Å². The molecule has 2 aliphatic heterocycles. The molecular formula is C14H24O3. The van der Waals surface area contributed by atoms with Gasteiger partial charge in [0.1, 0.15) is 5.60 Å². The van der Waals surface area contributed by atoms with E-state index < -0.39 is 11.7 Å². The van der Waals surface area contributed by atoms with Gasteiger partial charge in [0.2, 0.25) is 0 Å². The lowest BCUT2D eigenvalue weighted by molar-refractivity contribution is -0.236. The molecule has 6 atom stereocenters. The average Bonchev–Trinajstić information content (AvgIpc) is 2.32. The lowest BCUT2D eigenvalue weighted by atomic mass is 9.51. The monoisotopic (exact) mass is 240 g/mol. The zero-order valence-electron chi connectivity index (χ0n) is 11.0. The minimum atomic E-state index is -1.08. The highest BCUT2D eigenvalue weighted by molar-refractivity contribution is 5.08. The largest absolute Gasteiger partial charge is 0.390 e. The van der Waals surface area contributed by atoms with E-state index in [2.05, 4.69) is 13.8 Å². The Labute approximate surface area is 103 Å². The quantitative estimate of drug-likeness (QED) is 0.677. The fourth-order valence-electron chi connectivity index (χ4n) is 4.29. The number of ether oxygens (including phenoxy) is 1. The lowest BCUT2D eigenvalue weighted by Gasteiger charge is -2.59. The van der Waals surface area contributed by atoms with Crippen molar-refractivity contribution in [2.75, 3.05) is 0 Å². The Morgan fingerprint density at radius 3 is 2.53 bits per heavy atom. The third kappa shape index (κ3) is 1.59. The number of aliphatic hydroxyl groups excluding tert-OH is 1. The zero-order chi connectivity index (χ0) is 12.4. The third-order valence-corrected chi connectivity index (χ3v) is 5.62. The summed E-state index contributed by atoms with van der Waals surface area (Å²) in [5.41, 5.74) is -0.693. The van der Waals surface area contributed by atoms with Crippen LogP contribution >= 0.6 is 0 Å². The van der Waals surface area contributed by atoms with Gasteiger partial charge in [-0.2, -0.15) is 0 Å². The highest BCUT2D eigenvalue weighted by atomic mass is 16.5. The Morgan fingerprint density at radius 2 is 1.88 bits per heavy atom. The number of fused-ring (bicyclic) bond motifs is 4. The Hall–Kier alpha value is -0.120. The van der Waals surface area contributed by atoms with Gasteiger partial charge in [-0.15, -0.1) is 0 Å². The fourth-order valence-corrected chi connectivity index (χ4v) is 4.29. The fraction of sp³-hybridized carbons (Fsp3) is 1.00. The van der Waals surface area contributed by atoms with Gasteiger partial charge in [0.15, 0.2) is 0 Å². The van der Waals surface area contributed by atoms with Crippen molar-refractivity contribution in [2.24, 2.45) is 17.3 Å². The topological polar surface area (TPSA) is 49.7 Å². The van der Waals surface area contributed by atoms with Crippen LogP contribution in [0.4, 0.5) is 0 Å². The Balaban J connectivity index is 1.88. The molecule has 0 aromatic carbocycles. The van der Waals surface area contributed by atoms with Crippen LogP contribution in [0.15, 0.2) is 0 Å². The first-order valence-corrected chi connectivity index (χ1v) is 6.88. The summed E-state index contributed by atoms with van der Waals surface area (Å²) in [5, 5.41) is 20.5. The van der Waals surface area contributed by atoms with Crippen molar-refractivity contribution in [2.45, 2.75) is 70.4 Å². The summed E-state index contributed by atoms with van der Waals surface area (Å²) in [6, 6.07) is 0. The molecule has 3 heteroatoms. The van der Waals surface area contributed by atoms with Gasteiger partial charge in [0, 0.05) is 0 Å². The molecule has 3 fully saturated rings. The van der Waals surface area contributed by atoms with E-state index in [0.29, 0.717) is 23.7 Å². The second kappa shape index (κ2) is 3.46. The summed E-state index contributed by atoms with van der Waals surface area (Å²) in [5.74, 6) is 1.31. The summed E-state index contributed by atoms with van der Waals surface area (Å²) < 4.78 is 6.05. The molecule has 0 aromatic rings. The van der Waals surface area contributed by atoms with Crippen molar-refractivity contribution >= 4 is 0 Å². The second-order valence-electron chi connectivity index (χ2n) is 7.18. The van der Waals surface area contributed by atoms with E-state index in [9.17, 15) is 10.2 Å². The van der Waals surface area contributed by atoms with Crippen LogP contribution in [0.2, 0.25) is 0 Å². The van der Waals surface area contributed by atoms with Gasteiger partial charge in [-0.3, -0.25) is 0 Å². The molecule has 2 unspecified atom stereocenters. The normalized spacial score (nSPS) is 56.6. The van der Waals surface area contributed by atoms with Gasteiger partial charge in [-0.05, 0) is 49.9 Å². The average molecular weight is 240 g/mol. The van der Waals surface area contributed by atoms with E-state index in [4.69, 9.17) is 4.74 Å². The number of hydrogen-bond donors (Lipinski definition) is 2. The van der Waals surface area contributed by atoms with Crippen molar-refractivity contribution in [3.05, 3.63) is 0 Å². The molecule has 2 saturated heterocycles. The van der Waals surface area contributed by atoms with Crippen LogP contribution in [-0.4, -0.2) is 34.1 Å². The van der Waals surface area contributed by atoms with Crippen molar-refractivity contribution in [1.29, 1.82) is 0 Å². The molecule has 1 aliphatic carbocycles. The van der Waals surface area contributed by atoms with Crippen LogP contribution in [0.25, 0.3) is 0 Å². The lowest BCUT2D eigenvalue weighted by Crippen LogP contribution is -2.60. The predicted octanol–water partition coefficient (Wildman–Crippen LogP) is 1.71. The first-order valence-electron chi connectivity index (χ1n) is 6.88. The molecule has 0 amide bonds. The van der Waals surface area contributed by atoms with E-state index in [1.807, 2.05) is 0 Å². The Bertz CT molecular complexity index is 323. The van der Waals surface area contributed by atoms with E-state index in [-0.39, 0.29) is 12.2 Å². The predicted molar refractivity (Wildman–Crippen MR) is 64.5 cm³/mol. The molecule has 0 aromatic heterocycles. The summed E-state index contributed by atoms with van der Waals surface area (Å²) in [7, 11) is 0. The van der Waals surface area contributed by atoms with E-state index >= 15 is 0 Å². The maximum absolute atomic E-state index is 10.5. The van der Waals surface area contributed by atoms with E-state index in [1.165, 1.54) is 6.42 Å². The van der Waals surface area contributed by atoms with E-state index in [0.717, 1.165) is 12.8 Å². The minimum Gasteiger partial charge on any atom is -0.390 e. The van der Waals surface area contributed by atoms with Crippen molar-refractivity contribution in [3.8, 4) is 0 Å². The van der Waals surface area contributed by atoms with Crippen LogP contribution in [-0.2, 0) is 4.74 Å². The Kier molecular flexibility index (Phi) is 2.43.